The summed E-state index contributed by atoms with van der Waals surface area (Å²) in [7, 11) is 0. The lowest BCUT2D eigenvalue weighted by atomic mass is 10.2. The lowest BCUT2D eigenvalue weighted by Gasteiger charge is -2.03. The zero-order chi connectivity index (χ0) is 11.3. The van der Waals surface area contributed by atoms with Crippen molar-refractivity contribution in [2.24, 2.45) is 10.7 Å². The highest BCUT2D eigenvalue weighted by Crippen LogP contribution is 2.09. The van der Waals surface area contributed by atoms with Gasteiger partial charge in [-0.1, -0.05) is 42.8 Å². The summed E-state index contributed by atoms with van der Waals surface area (Å²) in [6, 6.07) is 9.82. The first-order valence-electron chi connectivity index (χ1n) is 5.21. The Morgan fingerprint density at radius 3 is 2.33 bits per heavy atom. The minimum atomic E-state index is 0.584. The number of amidine groups is 1. The van der Waals surface area contributed by atoms with Gasteiger partial charge in [0.15, 0.2) is 0 Å². The molecule has 0 saturated heterocycles. The van der Waals surface area contributed by atoms with Gasteiger partial charge in [-0.3, -0.25) is 0 Å². The van der Waals surface area contributed by atoms with Crippen molar-refractivity contribution in [3.05, 3.63) is 47.2 Å². The smallest absolute Gasteiger partial charge is 0.130 e. The zero-order valence-corrected chi connectivity index (χ0v) is 9.62. The highest BCUT2D eigenvalue weighted by molar-refractivity contribution is 5.98. The van der Waals surface area contributed by atoms with Crippen molar-refractivity contribution in [3.8, 4) is 0 Å². The number of allylic oxidation sites excluding steroid dienone is 2. The second-order valence-electron chi connectivity index (χ2n) is 3.58. The largest absolute Gasteiger partial charge is 0.383 e. The molecule has 1 aromatic carbocycles. The normalized spacial score (nSPS) is 13.7. The average molecular weight is 202 g/mol. The molecule has 80 valence electrons. The lowest BCUT2D eigenvalue weighted by Crippen LogP contribution is -2.13. The third-order valence-electron chi connectivity index (χ3n) is 2.51. The fourth-order valence-electron chi connectivity index (χ4n) is 1.21. The zero-order valence-electron chi connectivity index (χ0n) is 9.62. The predicted molar refractivity (Wildman–Crippen MR) is 65.8 cm³/mol. The number of aliphatic imine (C=N–C) groups is 1. The van der Waals surface area contributed by atoms with Gasteiger partial charge in [0.05, 0.1) is 0 Å². The Bertz CT molecular complexity index is 375. The summed E-state index contributed by atoms with van der Waals surface area (Å²) in [5.41, 5.74) is 9.16. The maximum absolute atomic E-state index is 5.90. The Labute approximate surface area is 91.5 Å². The van der Waals surface area contributed by atoms with Crippen LogP contribution in [0.2, 0.25) is 0 Å². The molecule has 2 N–H and O–H groups in total. The average Bonchev–Trinajstić information content (AvgIpc) is 2.29. The number of rotatable bonds is 3. The second kappa shape index (κ2) is 5.35. The number of benzene rings is 1. The van der Waals surface area contributed by atoms with Crippen LogP contribution in [0.1, 0.15) is 32.8 Å². The summed E-state index contributed by atoms with van der Waals surface area (Å²) >= 11 is 0. The molecule has 2 heteroatoms. The fourth-order valence-corrected chi connectivity index (χ4v) is 1.21. The van der Waals surface area contributed by atoms with Crippen LogP contribution < -0.4 is 5.73 Å². The number of nitrogens with zero attached hydrogens (tertiary/aromatic N) is 1. The van der Waals surface area contributed by atoms with E-state index in [1.54, 1.807) is 0 Å². The van der Waals surface area contributed by atoms with Crippen molar-refractivity contribution >= 4 is 5.84 Å². The third kappa shape index (κ3) is 3.24. The molecule has 0 saturated carbocycles. The molecular weight excluding hydrogens is 184 g/mol. The van der Waals surface area contributed by atoms with Gasteiger partial charge in [-0.05, 0) is 20.3 Å². The Morgan fingerprint density at radius 2 is 1.80 bits per heavy atom. The van der Waals surface area contributed by atoms with Crippen LogP contribution in [-0.2, 0) is 0 Å². The summed E-state index contributed by atoms with van der Waals surface area (Å²) in [5, 5.41) is 0. The quantitative estimate of drug-likeness (QED) is 0.593. The monoisotopic (exact) mass is 202 g/mol. The maximum Gasteiger partial charge on any atom is 0.130 e. The van der Waals surface area contributed by atoms with E-state index in [4.69, 9.17) is 5.73 Å². The van der Waals surface area contributed by atoms with Crippen LogP contribution in [0.5, 0.6) is 0 Å². The first kappa shape index (κ1) is 11.5. The van der Waals surface area contributed by atoms with Gasteiger partial charge in [0.25, 0.3) is 0 Å². The molecule has 0 aliphatic carbocycles. The molecular formula is C13H18N2. The van der Waals surface area contributed by atoms with Gasteiger partial charge in [-0.2, -0.15) is 0 Å². The van der Waals surface area contributed by atoms with Gasteiger partial charge in [0, 0.05) is 11.3 Å². The van der Waals surface area contributed by atoms with E-state index >= 15 is 0 Å². The second-order valence-corrected chi connectivity index (χ2v) is 3.58. The molecule has 0 bridgehead atoms. The molecule has 0 radical (unpaired) electrons. The van der Waals surface area contributed by atoms with E-state index in [1.807, 2.05) is 37.3 Å². The van der Waals surface area contributed by atoms with Crippen LogP contribution in [0.25, 0.3) is 0 Å². The van der Waals surface area contributed by atoms with Crippen LogP contribution >= 0.6 is 0 Å². The molecule has 0 aromatic heterocycles. The van der Waals surface area contributed by atoms with E-state index in [-0.39, 0.29) is 0 Å². The van der Waals surface area contributed by atoms with Crippen LogP contribution in [0.4, 0.5) is 0 Å². The fraction of sp³-hybridized carbons (Fsp3) is 0.308. The van der Waals surface area contributed by atoms with Gasteiger partial charge in [0.2, 0.25) is 0 Å². The minimum absolute atomic E-state index is 0.584. The molecule has 1 rings (SSSR count). The van der Waals surface area contributed by atoms with Gasteiger partial charge >= 0.3 is 0 Å². The number of hydrogen-bond donors (Lipinski definition) is 1. The van der Waals surface area contributed by atoms with E-state index in [0.29, 0.717) is 5.84 Å². The Balaban J connectivity index is 2.95. The van der Waals surface area contributed by atoms with Gasteiger partial charge in [-0.15, -0.1) is 0 Å². The summed E-state index contributed by atoms with van der Waals surface area (Å²) in [6.07, 6.45) is 1.01. The van der Waals surface area contributed by atoms with Crippen molar-refractivity contribution < 1.29 is 0 Å². The molecule has 0 aliphatic heterocycles. The topological polar surface area (TPSA) is 38.4 Å². The number of nitrogens with two attached hydrogens (primary N) is 1. The lowest BCUT2D eigenvalue weighted by molar-refractivity contribution is 1.04. The van der Waals surface area contributed by atoms with E-state index < -0.39 is 0 Å². The van der Waals surface area contributed by atoms with Gasteiger partial charge < -0.3 is 5.73 Å². The molecule has 0 unspecified atom stereocenters. The van der Waals surface area contributed by atoms with Crippen molar-refractivity contribution in [3.63, 3.8) is 0 Å². The molecule has 15 heavy (non-hydrogen) atoms. The Kier molecular flexibility index (Phi) is 4.10. The SMILES string of the molecule is CCC(C)=C(C)N=C(N)c1ccccc1. The van der Waals surface area contributed by atoms with Crippen molar-refractivity contribution in [1.29, 1.82) is 0 Å². The molecule has 0 amide bonds. The Hall–Kier alpha value is -1.57. The highest BCUT2D eigenvalue weighted by atomic mass is 14.9. The predicted octanol–water partition coefficient (Wildman–Crippen LogP) is 3.10. The molecule has 0 fully saturated rings. The van der Waals surface area contributed by atoms with Gasteiger partial charge in [-0.25, -0.2) is 4.99 Å². The van der Waals surface area contributed by atoms with Crippen LogP contribution in [-0.4, -0.2) is 5.84 Å². The van der Waals surface area contributed by atoms with Gasteiger partial charge in [0.1, 0.15) is 5.84 Å². The molecule has 0 spiro atoms. The summed E-state index contributed by atoms with van der Waals surface area (Å²) < 4.78 is 0. The van der Waals surface area contributed by atoms with E-state index in [0.717, 1.165) is 17.7 Å². The summed E-state index contributed by atoms with van der Waals surface area (Å²) in [4.78, 5) is 4.39. The van der Waals surface area contributed by atoms with Crippen molar-refractivity contribution in [2.75, 3.05) is 0 Å². The number of hydrogen-bond acceptors (Lipinski definition) is 1. The van der Waals surface area contributed by atoms with E-state index in [1.165, 1.54) is 5.57 Å². The van der Waals surface area contributed by atoms with Crippen LogP contribution in [0, 0.1) is 0 Å². The van der Waals surface area contributed by atoms with Crippen LogP contribution in [0.3, 0.4) is 0 Å². The van der Waals surface area contributed by atoms with Crippen molar-refractivity contribution in [2.45, 2.75) is 27.2 Å². The third-order valence-corrected chi connectivity index (χ3v) is 2.51. The van der Waals surface area contributed by atoms with E-state index in [9.17, 15) is 0 Å². The van der Waals surface area contributed by atoms with Crippen LogP contribution in [0.15, 0.2) is 46.6 Å². The molecule has 0 aliphatic rings. The molecule has 0 heterocycles. The molecule has 2 nitrogen and oxygen atoms in total. The van der Waals surface area contributed by atoms with E-state index in [2.05, 4.69) is 18.8 Å². The first-order chi connectivity index (χ1) is 7.15. The van der Waals surface area contributed by atoms with Crippen molar-refractivity contribution in [1.82, 2.24) is 0 Å². The molecule has 1 aromatic rings. The maximum atomic E-state index is 5.90. The standard InChI is InChI=1S/C13H18N2/c1-4-10(2)11(3)15-13(14)12-8-6-5-7-9-12/h5-9H,4H2,1-3H3,(H2,14,15). The highest BCUT2D eigenvalue weighted by Gasteiger charge is 1.98. The summed E-state index contributed by atoms with van der Waals surface area (Å²) in [6.45, 7) is 6.19. The minimum Gasteiger partial charge on any atom is -0.383 e. The summed E-state index contributed by atoms with van der Waals surface area (Å²) in [5.74, 6) is 0.584. The Morgan fingerprint density at radius 1 is 1.20 bits per heavy atom. The first-order valence-corrected chi connectivity index (χ1v) is 5.21. The molecule has 0 atom stereocenters.